The zero-order chi connectivity index (χ0) is 46.6. The molecular weight excluding hydrogens is 845 g/mol. The molecule has 0 radical (unpaired) electrons. The lowest BCUT2D eigenvalue weighted by atomic mass is 9.85. The summed E-state index contributed by atoms with van der Waals surface area (Å²) in [7, 11) is 1.57. The van der Waals surface area contributed by atoms with Crippen LogP contribution in [0.1, 0.15) is 82.2 Å². The van der Waals surface area contributed by atoms with Gasteiger partial charge in [-0.05, 0) is 74.6 Å². The molecule has 2 fully saturated rings. The van der Waals surface area contributed by atoms with Crippen LogP contribution in [0.25, 0.3) is 21.8 Å². The Morgan fingerprint density at radius 1 is 0.985 bits per heavy atom. The molecule has 16 nitrogen and oxygen atoms in total. The van der Waals surface area contributed by atoms with Crippen LogP contribution >= 0.6 is 11.3 Å². The highest BCUT2D eigenvalue weighted by Gasteiger charge is 2.45. The van der Waals surface area contributed by atoms with E-state index in [0.717, 1.165) is 27.4 Å². The highest BCUT2D eigenvalue weighted by atomic mass is 32.1. The number of nitrogens with one attached hydrogen (secondary N) is 4. The van der Waals surface area contributed by atoms with Crippen molar-refractivity contribution in [1.82, 2.24) is 40.6 Å². The average Bonchev–Trinajstić information content (AvgIpc) is 4.07. The lowest BCUT2D eigenvalue weighted by Crippen LogP contribution is -2.59. The van der Waals surface area contributed by atoms with Crippen molar-refractivity contribution in [2.75, 3.05) is 43.5 Å². The molecular formula is C48H60N10O6S. The van der Waals surface area contributed by atoms with Crippen LogP contribution in [-0.2, 0) is 14.4 Å². The molecule has 2 saturated heterocycles. The molecule has 2 aliphatic rings. The number of likely N-dealkylation sites (tertiary alicyclic amines) is 1. The normalized spacial score (nSPS) is 20.0. The maximum atomic E-state index is 14.3. The van der Waals surface area contributed by atoms with E-state index in [1.807, 2.05) is 82.6 Å². The molecule has 2 aliphatic heterocycles. The molecule has 5 N–H and O–H groups in total. The van der Waals surface area contributed by atoms with Crippen LogP contribution in [0.5, 0.6) is 5.75 Å². The van der Waals surface area contributed by atoms with Gasteiger partial charge in [0.1, 0.15) is 23.5 Å². The maximum Gasteiger partial charge on any atom is 0.274 e. The fourth-order valence-electron chi connectivity index (χ4n) is 8.76. The molecule has 3 aromatic heterocycles. The third-order valence-corrected chi connectivity index (χ3v) is 13.3. The molecule has 0 saturated carbocycles. The summed E-state index contributed by atoms with van der Waals surface area (Å²) in [6.07, 6.45) is 1.03. The monoisotopic (exact) mass is 904 g/mol. The van der Waals surface area contributed by atoms with E-state index in [2.05, 4.69) is 59.8 Å². The Kier molecular flexibility index (Phi) is 14.3. The number of anilines is 2. The van der Waals surface area contributed by atoms with Crippen LogP contribution in [-0.4, -0.2) is 122 Å². The van der Waals surface area contributed by atoms with E-state index >= 15 is 0 Å². The number of hydrogen-bond donors (Lipinski definition) is 5. The number of aryl methyl sites for hydroxylation is 1. The molecule has 6 atom stereocenters. The lowest BCUT2D eigenvalue weighted by Gasteiger charge is -2.45. The van der Waals surface area contributed by atoms with E-state index in [-0.39, 0.29) is 60.9 Å². The Labute approximate surface area is 384 Å². The molecule has 17 heteroatoms. The second kappa shape index (κ2) is 19.9. The van der Waals surface area contributed by atoms with E-state index < -0.39 is 29.5 Å². The SMILES string of the molecule is COc1cc(N2C[C@@H](C)N(CCC(=O)N[C@H](C(=O)N3C[C@H](O)C[C@H]3C(=O)N[C@@H](C)c3ccc(-c4scnc4C)cc3)C(C)(C)C)[C@@H](C)C2)ccc1NC(=O)c1cccc(-c2ccn[nH]2)n1. The molecule has 5 heterocycles. The van der Waals surface area contributed by atoms with Gasteiger partial charge < -0.3 is 35.6 Å². The number of carbonyl (C=O) groups excluding carboxylic acids is 4. The quantitative estimate of drug-likeness (QED) is 0.0900. The van der Waals surface area contributed by atoms with Gasteiger partial charge in [0.25, 0.3) is 5.91 Å². The van der Waals surface area contributed by atoms with Crippen molar-refractivity contribution in [2.24, 2.45) is 5.41 Å². The first-order valence-corrected chi connectivity index (χ1v) is 22.9. The number of piperazine rings is 1. The Morgan fingerprint density at radius 3 is 2.37 bits per heavy atom. The van der Waals surface area contributed by atoms with Crippen LogP contribution in [0.2, 0.25) is 0 Å². The number of rotatable bonds is 14. The summed E-state index contributed by atoms with van der Waals surface area (Å²) in [6, 6.07) is 18.7. The number of aliphatic hydroxyl groups excluding tert-OH is 1. The number of nitrogens with zero attached hydrogens (tertiary/aromatic N) is 6. The molecule has 0 spiro atoms. The second-order valence-electron chi connectivity index (χ2n) is 18.2. The number of thiazole rings is 1. The number of methoxy groups -OCH3 is 1. The molecule has 0 aliphatic carbocycles. The van der Waals surface area contributed by atoms with Gasteiger partial charge >= 0.3 is 0 Å². The number of aromatic nitrogens is 4. The lowest BCUT2D eigenvalue weighted by molar-refractivity contribution is -0.144. The van der Waals surface area contributed by atoms with Gasteiger partial charge in [0.05, 0.1) is 52.4 Å². The smallest absolute Gasteiger partial charge is 0.274 e. The van der Waals surface area contributed by atoms with E-state index in [1.54, 1.807) is 48.9 Å². The second-order valence-corrected chi connectivity index (χ2v) is 19.0. The van der Waals surface area contributed by atoms with Gasteiger partial charge in [-0.2, -0.15) is 5.10 Å². The minimum absolute atomic E-state index is 0.00157. The van der Waals surface area contributed by atoms with Crippen molar-refractivity contribution >= 4 is 46.3 Å². The van der Waals surface area contributed by atoms with Crippen LogP contribution in [0, 0.1) is 12.3 Å². The zero-order valence-electron chi connectivity index (χ0n) is 38.3. The van der Waals surface area contributed by atoms with Gasteiger partial charge in [-0.25, -0.2) is 9.97 Å². The van der Waals surface area contributed by atoms with Crippen molar-refractivity contribution in [3.8, 4) is 27.6 Å². The first kappa shape index (κ1) is 46.8. The maximum absolute atomic E-state index is 14.3. The highest BCUT2D eigenvalue weighted by Crippen LogP contribution is 2.33. The summed E-state index contributed by atoms with van der Waals surface area (Å²) in [5, 5.41) is 26.6. The molecule has 65 heavy (non-hydrogen) atoms. The van der Waals surface area contributed by atoms with Crippen LogP contribution in [0.3, 0.4) is 0 Å². The number of hydrogen-bond acceptors (Lipinski definition) is 12. The fourth-order valence-corrected chi connectivity index (χ4v) is 9.58. The average molecular weight is 905 g/mol. The van der Waals surface area contributed by atoms with Gasteiger partial charge in [0.2, 0.25) is 17.7 Å². The molecule has 4 amide bonds. The number of benzene rings is 2. The Balaban J connectivity index is 0.931. The van der Waals surface area contributed by atoms with Crippen LogP contribution in [0.15, 0.2) is 78.4 Å². The minimum atomic E-state index is -0.923. The summed E-state index contributed by atoms with van der Waals surface area (Å²) in [6.45, 7) is 15.6. The fraction of sp³-hybridized carbons (Fsp3) is 0.438. The number of pyridine rings is 1. The summed E-state index contributed by atoms with van der Waals surface area (Å²) in [5.74, 6) is -0.877. The summed E-state index contributed by atoms with van der Waals surface area (Å²) < 4.78 is 5.72. The number of aliphatic hydroxyl groups is 1. The van der Waals surface area contributed by atoms with Gasteiger partial charge in [0, 0.05) is 69.1 Å². The van der Waals surface area contributed by atoms with Gasteiger partial charge in [0.15, 0.2) is 0 Å². The van der Waals surface area contributed by atoms with Crippen molar-refractivity contribution in [1.29, 1.82) is 0 Å². The molecule has 344 valence electrons. The number of carbonyl (C=O) groups is 4. The highest BCUT2D eigenvalue weighted by molar-refractivity contribution is 7.13. The Morgan fingerprint density at radius 2 is 1.72 bits per heavy atom. The molecule has 2 aromatic carbocycles. The third kappa shape index (κ3) is 10.9. The van der Waals surface area contributed by atoms with E-state index in [9.17, 15) is 24.3 Å². The number of ether oxygens (including phenoxy) is 1. The van der Waals surface area contributed by atoms with E-state index in [1.165, 1.54) is 4.90 Å². The Hall–Kier alpha value is -6.17. The van der Waals surface area contributed by atoms with Crippen molar-refractivity contribution in [2.45, 2.75) is 97.6 Å². The number of amides is 4. The predicted molar refractivity (Wildman–Crippen MR) is 252 cm³/mol. The first-order valence-electron chi connectivity index (χ1n) is 22.1. The standard InChI is InChI=1S/C48H60N10O6S/c1-28-24-56(34-16-17-38(41(22-34)64-8)53-45(61)39-11-9-10-36(52-39)37-18-20-50-55-37)25-29(2)57(28)21-19-42(60)54-44(48(5,6)7)47(63)58-26-35(59)23-40(58)46(62)51-30(3)32-12-14-33(15-13-32)43-31(4)49-27-65-43/h9-18,20,22,27-30,35,40,44,59H,19,21,23-26H2,1-8H3,(H,50,55)(H,51,62)(H,53,61)(H,54,60)/t28-,29+,30-,35+,40-,44+/m0/s1. The summed E-state index contributed by atoms with van der Waals surface area (Å²) >= 11 is 1.58. The van der Waals surface area contributed by atoms with Crippen LogP contribution < -0.4 is 25.6 Å². The zero-order valence-corrected chi connectivity index (χ0v) is 39.1. The van der Waals surface area contributed by atoms with Gasteiger partial charge in [-0.1, -0.05) is 51.1 Å². The molecule has 0 bridgehead atoms. The van der Waals surface area contributed by atoms with Crippen LogP contribution in [0.4, 0.5) is 11.4 Å². The topological polar surface area (TPSA) is 198 Å². The number of aromatic amines is 1. The largest absolute Gasteiger partial charge is 0.494 e. The van der Waals surface area contributed by atoms with Gasteiger partial charge in [-0.3, -0.25) is 29.2 Å². The molecule has 5 aromatic rings. The first-order chi connectivity index (χ1) is 31.0. The Bertz CT molecular complexity index is 2460. The van der Waals surface area contributed by atoms with E-state index in [0.29, 0.717) is 42.5 Å². The van der Waals surface area contributed by atoms with Crippen molar-refractivity contribution < 1.29 is 29.0 Å². The van der Waals surface area contributed by atoms with Crippen molar-refractivity contribution in [3.63, 3.8) is 0 Å². The number of H-pyrrole nitrogens is 1. The molecule has 0 unspecified atom stereocenters. The summed E-state index contributed by atoms with van der Waals surface area (Å²) in [5.41, 5.74) is 7.09. The number of β-amino-alcohol motifs (C(OH)–C–C–N with tert-alkyl or cyclic N) is 1. The third-order valence-electron chi connectivity index (χ3n) is 12.3. The predicted octanol–water partition coefficient (Wildman–Crippen LogP) is 5.82. The molecule has 7 rings (SSSR count). The van der Waals surface area contributed by atoms with Gasteiger partial charge in [-0.15, -0.1) is 11.3 Å². The summed E-state index contributed by atoms with van der Waals surface area (Å²) in [4.78, 5) is 70.9. The van der Waals surface area contributed by atoms with Crippen molar-refractivity contribution in [3.05, 3.63) is 95.4 Å². The van der Waals surface area contributed by atoms with E-state index in [4.69, 9.17) is 4.74 Å². The minimum Gasteiger partial charge on any atom is -0.494 e.